The first kappa shape index (κ1) is 20.0. The largest absolute Gasteiger partial charge is 0.462 e. The summed E-state index contributed by atoms with van der Waals surface area (Å²) in [5.74, 6) is 0.335. The Bertz CT molecular complexity index is 1120. The molecule has 9 heteroatoms. The van der Waals surface area contributed by atoms with E-state index in [0.717, 1.165) is 54.0 Å². The van der Waals surface area contributed by atoms with Crippen molar-refractivity contribution in [1.29, 1.82) is 0 Å². The van der Waals surface area contributed by atoms with E-state index in [1.165, 1.54) is 11.3 Å². The van der Waals surface area contributed by atoms with Crippen molar-refractivity contribution in [2.24, 2.45) is 7.05 Å². The molecule has 31 heavy (non-hydrogen) atoms. The van der Waals surface area contributed by atoms with Gasteiger partial charge in [-0.25, -0.2) is 4.79 Å². The molecular formula is C22H24N4O4S. The quantitative estimate of drug-likeness (QED) is 0.562. The minimum Gasteiger partial charge on any atom is -0.462 e. The van der Waals surface area contributed by atoms with E-state index in [9.17, 15) is 4.79 Å². The second kappa shape index (κ2) is 8.32. The van der Waals surface area contributed by atoms with Crippen LogP contribution in [0.2, 0.25) is 0 Å². The lowest BCUT2D eigenvalue weighted by Gasteiger charge is -2.28. The van der Waals surface area contributed by atoms with Gasteiger partial charge < -0.3 is 19.1 Å². The second-order valence-corrected chi connectivity index (χ2v) is 8.50. The summed E-state index contributed by atoms with van der Waals surface area (Å²) < 4.78 is 19.0. The molecule has 1 aliphatic carbocycles. The summed E-state index contributed by atoms with van der Waals surface area (Å²) in [6.07, 6.45) is 7.03. The number of carbonyl (C=O) groups excluding carboxylic acids is 1. The number of aryl methyl sites for hydroxylation is 2. The van der Waals surface area contributed by atoms with Crippen molar-refractivity contribution in [3.05, 3.63) is 40.7 Å². The van der Waals surface area contributed by atoms with Crippen molar-refractivity contribution in [2.45, 2.75) is 19.8 Å². The molecule has 0 atom stereocenters. The number of morpholine rings is 1. The molecule has 4 heterocycles. The Balaban J connectivity index is 1.54. The Morgan fingerprint density at radius 1 is 1.23 bits per heavy atom. The van der Waals surface area contributed by atoms with Gasteiger partial charge in [-0.2, -0.15) is 5.10 Å². The lowest BCUT2D eigenvalue weighted by molar-refractivity contribution is 0.0531. The highest BCUT2D eigenvalue weighted by atomic mass is 32.1. The number of nitrogens with zero attached hydrogens (tertiary/aromatic N) is 4. The summed E-state index contributed by atoms with van der Waals surface area (Å²) in [5.41, 5.74) is 5.07. The number of rotatable bonds is 5. The zero-order chi connectivity index (χ0) is 21.4. The van der Waals surface area contributed by atoms with Gasteiger partial charge in [0.15, 0.2) is 5.06 Å². The van der Waals surface area contributed by atoms with E-state index in [0.29, 0.717) is 35.5 Å². The van der Waals surface area contributed by atoms with Gasteiger partial charge in [0.05, 0.1) is 55.4 Å². The summed E-state index contributed by atoms with van der Waals surface area (Å²) in [7, 11) is 1.92. The van der Waals surface area contributed by atoms with Gasteiger partial charge in [-0.3, -0.25) is 9.67 Å². The zero-order valence-corrected chi connectivity index (χ0v) is 18.4. The van der Waals surface area contributed by atoms with Crippen LogP contribution in [0.4, 0.5) is 5.69 Å². The number of ether oxygens (including phenoxy) is 3. The lowest BCUT2D eigenvalue weighted by atomic mass is 9.91. The van der Waals surface area contributed by atoms with Gasteiger partial charge in [-0.15, -0.1) is 0 Å². The first-order chi connectivity index (χ1) is 15.2. The van der Waals surface area contributed by atoms with Crippen LogP contribution in [-0.2, 0) is 29.4 Å². The third-order valence-corrected chi connectivity index (χ3v) is 6.71. The molecule has 0 amide bonds. The molecule has 2 aliphatic rings. The van der Waals surface area contributed by atoms with Crippen molar-refractivity contribution in [1.82, 2.24) is 14.8 Å². The fourth-order valence-electron chi connectivity index (χ4n) is 4.17. The third kappa shape index (κ3) is 3.68. The molecule has 3 aromatic rings. The summed E-state index contributed by atoms with van der Waals surface area (Å²) in [6, 6.07) is 1.99. The van der Waals surface area contributed by atoms with Gasteiger partial charge >= 0.3 is 5.97 Å². The molecular weight excluding hydrogens is 416 g/mol. The van der Waals surface area contributed by atoms with E-state index in [1.807, 2.05) is 37.1 Å². The van der Waals surface area contributed by atoms with E-state index in [-0.39, 0.29) is 5.97 Å². The van der Waals surface area contributed by atoms with Crippen LogP contribution < -0.4 is 9.64 Å². The van der Waals surface area contributed by atoms with Gasteiger partial charge in [-0.05, 0) is 30.9 Å². The molecule has 1 saturated heterocycles. The van der Waals surface area contributed by atoms with Gasteiger partial charge in [0.25, 0.3) is 0 Å². The van der Waals surface area contributed by atoms with Gasteiger partial charge in [-0.1, -0.05) is 11.3 Å². The maximum Gasteiger partial charge on any atom is 0.348 e. The Morgan fingerprint density at radius 2 is 2.06 bits per heavy atom. The first-order valence-electron chi connectivity index (χ1n) is 10.4. The minimum atomic E-state index is -0.301. The monoisotopic (exact) mass is 440 g/mol. The van der Waals surface area contributed by atoms with E-state index in [1.54, 1.807) is 6.20 Å². The molecule has 0 bridgehead atoms. The molecule has 5 rings (SSSR count). The zero-order valence-electron chi connectivity index (χ0n) is 17.6. The van der Waals surface area contributed by atoms with E-state index >= 15 is 0 Å². The highest BCUT2D eigenvalue weighted by Crippen LogP contribution is 2.48. The SMILES string of the molecule is CCOC(=O)c1sc(Oc2cncc(N3CCOCC3)c2)c2c1CCc1cnn(C)c1-2. The van der Waals surface area contributed by atoms with E-state index < -0.39 is 0 Å². The molecule has 1 aliphatic heterocycles. The number of fused-ring (bicyclic) bond motifs is 3. The number of aromatic nitrogens is 3. The smallest absolute Gasteiger partial charge is 0.348 e. The maximum atomic E-state index is 12.7. The molecule has 0 radical (unpaired) electrons. The maximum absolute atomic E-state index is 12.7. The van der Waals surface area contributed by atoms with Crippen LogP contribution in [0, 0.1) is 0 Å². The van der Waals surface area contributed by atoms with Crippen molar-refractivity contribution in [2.75, 3.05) is 37.8 Å². The predicted octanol–water partition coefficient (Wildman–Crippen LogP) is 3.45. The van der Waals surface area contributed by atoms with Crippen molar-refractivity contribution < 1.29 is 19.0 Å². The summed E-state index contributed by atoms with van der Waals surface area (Å²) >= 11 is 1.34. The van der Waals surface area contributed by atoms with Crippen LogP contribution in [0.15, 0.2) is 24.7 Å². The van der Waals surface area contributed by atoms with Crippen LogP contribution in [-0.4, -0.2) is 53.6 Å². The molecule has 3 aromatic heterocycles. The van der Waals surface area contributed by atoms with Gasteiger partial charge in [0.2, 0.25) is 0 Å². The Hall–Kier alpha value is -2.91. The van der Waals surface area contributed by atoms with Gasteiger partial charge in [0, 0.05) is 26.2 Å². The van der Waals surface area contributed by atoms with Crippen molar-refractivity contribution in [3.8, 4) is 22.1 Å². The van der Waals surface area contributed by atoms with Crippen molar-refractivity contribution >= 4 is 23.0 Å². The number of thiophene rings is 1. The number of hydrogen-bond donors (Lipinski definition) is 0. The summed E-state index contributed by atoms with van der Waals surface area (Å²) in [4.78, 5) is 19.9. The molecule has 0 unspecified atom stereocenters. The number of anilines is 1. The van der Waals surface area contributed by atoms with Crippen molar-refractivity contribution in [3.63, 3.8) is 0 Å². The molecule has 8 nitrogen and oxygen atoms in total. The molecule has 1 fully saturated rings. The molecule has 0 aromatic carbocycles. The van der Waals surface area contributed by atoms with Crippen LogP contribution >= 0.6 is 11.3 Å². The van der Waals surface area contributed by atoms with Gasteiger partial charge in [0.1, 0.15) is 10.6 Å². The molecule has 0 spiro atoms. The highest BCUT2D eigenvalue weighted by Gasteiger charge is 2.32. The van der Waals surface area contributed by atoms with Crippen LogP contribution in [0.25, 0.3) is 11.3 Å². The normalized spacial score (nSPS) is 15.4. The highest BCUT2D eigenvalue weighted by molar-refractivity contribution is 7.16. The topological polar surface area (TPSA) is 78.7 Å². The van der Waals surface area contributed by atoms with E-state index in [4.69, 9.17) is 14.2 Å². The first-order valence-corrected chi connectivity index (χ1v) is 11.3. The fourth-order valence-corrected chi connectivity index (χ4v) is 5.28. The molecule has 162 valence electrons. The second-order valence-electron chi connectivity index (χ2n) is 7.52. The van der Waals surface area contributed by atoms with Crippen LogP contribution in [0.3, 0.4) is 0 Å². The average Bonchev–Trinajstić information content (AvgIpc) is 3.35. The summed E-state index contributed by atoms with van der Waals surface area (Å²) in [6.45, 7) is 5.21. The minimum absolute atomic E-state index is 0.301. The van der Waals surface area contributed by atoms with Crippen LogP contribution in [0.5, 0.6) is 10.8 Å². The summed E-state index contributed by atoms with van der Waals surface area (Å²) in [5, 5.41) is 5.10. The fraction of sp³-hybridized carbons (Fsp3) is 0.409. The molecule has 0 saturated carbocycles. The molecule has 0 N–H and O–H groups in total. The Morgan fingerprint density at radius 3 is 2.87 bits per heavy atom. The Labute approximate surface area is 184 Å². The number of carbonyl (C=O) groups is 1. The Kier molecular flexibility index (Phi) is 5.37. The number of esters is 1. The average molecular weight is 441 g/mol. The lowest BCUT2D eigenvalue weighted by Crippen LogP contribution is -2.36. The standard InChI is InChI=1S/C22H24N4O4S/c1-3-29-21(27)20-17-5-4-14-11-24-25(2)19(14)18(17)22(31-20)30-16-10-15(12-23-13-16)26-6-8-28-9-7-26/h10-13H,3-9H2,1-2H3. The number of hydrogen-bond acceptors (Lipinski definition) is 8. The van der Waals surface area contributed by atoms with Crippen LogP contribution in [0.1, 0.15) is 27.7 Å². The number of pyridine rings is 1. The van der Waals surface area contributed by atoms with E-state index in [2.05, 4.69) is 15.0 Å². The predicted molar refractivity (Wildman–Crippen MR) is 117 cm³/mol. The third-order valence-electron chi connectivity index (χ3n) is 5.62.